The van der Waals surface area contributed by atoms with Crippen LogP contribution in [0.3, 0.4) is 0 Å². The van der Waals surface area contributed by atoms with Gasteiger partial charge in [-0.15, -0.1) is 13.2 Å². The van der Waals surface area contributed by atoms with Crippen LogP contribution in [-0.2, 0) is 0 Å². The van der Waals surface area contributed by atoms with Crippen LogP contribution in [0.25, 0.3) is 0 Å². The van der Waals surface area contributed by atoms with Crippen molar-refractivity contribution in [3.63, 3.8) is 0 Å². The first-order valence-corrected chi connectivity index (χ1v) is 4.78. The summed E-state index contributed by atoms with van der Waals surface area (Å²) >= 11 is 0. The molecular weight excluding hydrogens is 206 g/mol. The molecule has 5 nitrogen and oxygen atoms in total. The predicted molar refractivity (Wildman–Crippen MR) is 65.5 cm³/mol. The fourth-order valence-electron chi connectivity index (χ4n) is 0.996. The molecule has 0 aliphatic rings. The molecule has 0 unspecified atom stereocenters. The molecule has 0 aliphatic carbocycles. The van der Waals surface area contributed by atoms with Crippen molar-refractivity contribution in [2.24, 2.45) is 0 Å². The van der Waals surface area contributed by atoms with Gasteiger partial charge in [-0.3, -0.25) is 10.1 Å². The maximum absolute atomic E-state index is 10.6. The van der Waals surface area contributed by atoms with Crippen LogP contribution in [0.15, 0.2) is 31.5 Å². The van der Waals surface area contributed by atoms with E-state index in [4.69, 9.17) is 0 Å². The number of hydrogen-bond donors (Lipinski definition) is 1. The topological polar surface area (TPSA) is 68.1 Å². The molecule has 1 heterocycles. The van der Waals surface area contributed by atoms with Gasteiger partial charge in [0.25, 0.3) is 0 Å². The van der Waals surface area contributed by atoms with Crippen LogP contribution in [0.5, 0.6) is 0 Å². The number of hydrogen-bond acceptors (Lipinski definition) is 4. The first-order valence-electron chi connectivity index (χ1n) is 4.78. The third-order valence-electron chi connectivity index (χ3n) is 1.48. The fraction of sp³-hybridized carbons (Fsp3) is 0.364. The normalized spacial score (nSPS) is 9.94. The number of nitro groups is 1. The Balaban J connectivity index is 0.00000106. The molecule has 0 radical (unpaired) electrons. The van der Waals surface area contributed by atoms with E-state index < -0.39 is 4.92 Å². The van der Waals surface area contributed by atoms with Gasteiger partial charge in [0.1, 0.15) is 0 Å². The maximum atomic E-state index is 10.6. The lowest BCUT2D eigenvalue weighted by Gasteiger charge is -2.20. The Labute approximate surface area is 95.4 Å². The molecule has 0 saturated heterocycles. The SMILES string of the molecule is C=C.CC(C)(C)Nc1ncccc1[N+](=O)[O-]. The molecule has 5 heteroatoms. The van der Waals surface area contributed by atoms with Crippen molar-refractivity contribution in [3.05, 3.63) is 41.6 Å². The lowest BCUT2D eigenvalue weighted by molar-refractivity contribution is -0.384. The summed E-state index contributed by atoms with van der Waals surface area (Å²) in [4.78, 5) is 14.1. The van der Waals surface area contributed by atoms with Crippen LogP contribution < -0.4 is 5.32 Å². The fourth-order valence-corrected chi connectivity index (χ4v) is 0.996. The molecule has 1 N–H and O–H groups in total. The summed E-state index contributed by atoms with van der Waals surface area (Å²) in [6.07, 6.45) is 1.53. The Kier molecular flexibility index (Phi) is 5.15. The minimum Gasteiger partial charge on any atom is -0.360 e. The molecule has 16 heavy (non-hydrogen) atoms. The van der Waals surface area contributed by atoms with Crippen LogP contribution in [0.4, 0.5) is 11.5 Å². The average Bonchev–Trinajstić information content (AvgIpc) is 2.19. The smallest absolute Gasteiger partial charge is 0.311 e. The van der Waals surface area contributed by atoms with Crippen molar-refractivity contribution in [3.8, 4) is 0 Å². The van der Waals surface area contributed by atoms with E-state index in [1.807, 2.05) is 20.8 Å². The van der Waals surface area contributed by atoms with E-state index in [0.717, 1.165) is 0 Å². The second kappa shape index (κ2) is 5.85. The van der Waals surface area contributed by atoms with E-state index in [2.05, 4.69) is 23.5 Å². The molecule has 1 aromatic rings. The quantitative estimate of drug-likeness (QED) is 0.475. The minimum atomic E-state index is -0.443. The van der Waals surface area contributed by atoms with E-state index in [1.165, 1.54) is 12.3 Å². The van der Waals surface area contributed by atoms with Gasteiger partial charge in [-0.1, -0.05) is 0 Å². The third kappa shape index (κ3) is 4.54. The molecule has 0 saturated carbocycles. The van der Waals surface area contributed by atoms with Gasteiger partial charge in [0.05, 0.1) is 4.92 Å². The van der Waals surface area contributed by atoms with Crippen LogP contribution in [0, 0.1) is 10.1 Å². The van der Waals surface area contributed by atoms with Crippen molar-refractivity contribution < 1.29 is 4.92 Å². The number of nitrogens with one attached hydrogen (secondary N) is 1. The van der Waals surface area contributed by atoms with Gasteiger partial charge in [0.15, 0.2) is 0 Å². The molecule has 0 aliphatic heterocycles. The van der Waals surface area contributed by atoms with Crippen LogP contribution in [-0.4, -0.2) is 15.4 Å². The molecule has 0 amide bonds. The van der Waals surface area contributed by atoms with E-state index in [9.17, 15) is 10.1 Å². The Morgan fingerprint density at radius 2 is 2.00 bits per heavy atom. The highest BCUT2D eigenvalue weighted by Gasteiger charge is 2.18. The molecule has 1 rings (SSSR count). The summed E-state index contributed by atoms with van der Waals surface area (Å²) in [6.45, 7) is 11.8. The molecule has 1 aromatic heterocycles. The summed E-state index contributed by atoms with van der Waals surface area (Å²) in [5.41, 5.74) is -0.235. The van der Waals surface area contributed by atoms with Crippen molar-refractivity contribution in [2.75, 3.05) is 5.32 Å². The van der Waals surface area contributed by atoms with E-state index in [-0.39, 0.29) is 11.2 Å². The summed E-state index contributed by atoms with van der Waals surface area (Å²) in [6, 6.07) is 2.98. The number of rotatable bonds is 2. The first-order chi connectivity index (χ1) is 7.40. The molecule has 0 bridgehead atoms. The molecule has 88 valence electrons. The monoisotopic (exact) mass is 223 g/mol. The lowest BCUT2D eigenvalue weighted by Crippen LogP contribution is -2.27. The van der Waals surface area contributed by atoms with Crippen LogP contribution >= 0.6 is 0 Å². The maximum Gasteiger partial charge on any atom is 0.311 e. The predicted octanol–water partition coefficient (Wildman–Crippen LogP) is 3.00. The Morgan fingerprint density at radius 3 is 2.44 bits per heavy atom. The minimum absolute atomic E-state index is 0.00225. The highest BCUT2D eigenvalue weighted by atomic mass is 16.6. The zero-order valence-electron chi connectivity index (χ0n) is 9.86. The first kappa shape index (κ1) is 14.1. The summed E-state index contributed by atoms with van der Waals surface area (Å²) in [5, 5.41) is 13.6. The Bertz CT molecular complexity index is 358. The lowest BCUT2D eigenvalue weighted by atomic mass is 10.1. The highest BCUT2D eigenvalue weighted by molar-refractivity contribution is 5.56. The number of anilines is 1. The van der Waals surface area contributed by atoms with Gasteiger partial charge in [-0.25, -0.2) is 4.98 Å². The van der Waals surface area contributed by atoms with Gasteiger partial charge in [-0.05, 0) is 26.8 Å². The van der Waals surface area contributed by atoms with Gasteiger partial charge >= 0.3 is 5.69 Å². The van der Waals surface area contributed by atoms with Gasteiger partial charge < -0.3 is 5.32 Å². The Hall–Kier alpha value is -1.91. The largest absolute Gasteiger partial charge is 0.360 e. The zero-order chi connectivity index (χ0) is 12.8. The molecule has 0 spiro atoms. The van der Waals surface area contributed by atoms with Gasteiger partial charge in [0.2, 0.25) is 5.82 Å². The Morgan fingerprint density at radius 1 is 1.44 bits per heavy atom. The number of nitrogens with zero attached hydrogens (tertiary/aromatic N) is 2. The molecule has 0 atom stereocenters. The molecule has 0 aromatic carbocycles. The third-order valence-corrected chi connectivity index (χ3v) is 1.48. The van der Waals surface area contributed by atoms with Crippen molar-refractivity contribution >= 4 is 11.5 Å². The van der Waals surface area contributed by atoms with Gasteiger partial charge in [-0.2, -0.15) is 0 Å². The van der Waals surface area contributed by atoms with Crippen LogP contribution in [0.1, 0.15) is 20.8 Å². The van der Waals surface area contributed by atoms with Crippen LogP contribution in [0.2, 0.25) is 0 Å². The summed E-state index contributed by atoms with van der Waals surface area (Å²) in [5.74, 6) is 0.310. The van der Waals surface area contributed by atoms with Crippen molar-refractivity contribution in [2.45, 2.75) is 26.3 Å². The van der Waals surface area contributed by atoms with E-state index in [1.54, 1.807) is 6.07 Å². The number of pyridine rings is 1. The average molecular weight is 223 g/mol. The van der Waals surface area contributed by atoms with Crippen molar-refractivity contribution in [1.82, 2.24) is 4.98 Å². The zero-order valence-corrected chi connectivity index (χ0v) is 9.86. The molecular formula is C11H17N3O2. The van der Waals surface area contributed by atoms with Crippen molar-refractivity contribution in [1.29, 1.82) is 0 Å². The summed E-state index contributed by atoms with van der Waals surface area (Å²) < 4.78 is 0. The van der Waals surface area contributed by atoms with E-state index in [0.29, 0.717) is 5.82 Å². The van der Waals surface area contributed by atoms with Gasteiger partial charge in [0, 0.05) is 17.8 Å². The molecule has 0 fully saturated rings. The standard InChI is InChI=1S/C9H13N3O2.C2H4/c1-9(2,3)11-8-7(12(13)14)5-4-6-10-8;1-2/h4-6H,1-3H3,(H,10,11);1-2H2. The highest BCUT2D eigenvalue weighted by Crippen LogP contribution is 2.23. The second-order valence-corrected chi connectivity index (χ2v) is 4.00. The number of aromatic nitrogens is 1. The van der Waals surface area contributed by atoms with E-state index >= 15 is 0 Å². The summed E-state index contributed by atoms with van der Waals surface area (Å²) in [7, 11) is 0. The second-order valence-electron chi connectivity index (χ2n) is 4.00.